The summed E-state index contributed by atoms with van der Waals surface area (Å²) in [6.45, 7) is 0.477. The molecule has 2 aromatic heterocycles. The van der Waals surface area contributed by atoms with E-state index in [0.29, 0.717) is 18.3 Å². The van der Waals surface area contributed by atoms with Gasteiger partial charge in [0, 0.05) is 24.7 Å². The minimum absolute atomic E-state index is 0.0315. The second kappa shape index (κ2) is 7.52. The van der Waals surface area contributed by atoms with E-state index in [1.165, 1.54) is 30.6 Å². The predicted molar refractivity (Wildman–Crippen MR) is 97.0 cm³/mol. The molecule has 25 heavy (non-hydrogen) atoms. The Labute approximate surface area is 151 Å². The lowest BCUT2D eigenvalue weighted by Gasteiger charge is -2.22. The Morgan fingerprint density at radius 1 is 1.20 bits per heavy atom. The van der Waals surface area contributed by atoms with E-state index in [0.717, 1.165) is 41.8 Å². The molecular formula is C19H23N3O2S. The summed E-state index contributed by atoms with van der Waals surface area (Å²) >= 11 is 1.43. The topological polar surface area (TPSA) is 64.1 Å². The monoisotopic (exact) mass is 357 g/mol. The summed E-state index contributed by atoms with van der Waals surface area (Å²) in [5, 5.41) is 3.00. The normalized spacial score (nSPS) is 18.1. The van der Waals surface area contributed by atoms with Crippen LogP contribution in [0.4, 0.5) is 0 Å². The number of aromatic nitrogens is 2. The standard InChI is InChI=1S/C19H23N3O2S/c23-19(18-17(14-6-7-14)22-12-25-18)21-11-13-8-9-20-16(10-13)24-15-4-2-1-3-5-15/h8-10,12,14-15H,1-7,11H2,(H,21,23). The van der Waals surface area contributed by atoms with E-state index < -0.39 is 0 Å². The third kappa shape index (κ3) is 4.18. The first-order valence-electron chi connectivity index (χ1n) is 9.13. The van der Waals surface area contributed by atoms with E-state index in [4.69, 9.17) is 4.74 Å². The molecule has 6 heteroatoms. The van der Waals surface area contributed by atoms with Crippen LogP contribution in [0.2, 0.25) is 0 Å². The molecule has 2 fully saturated rings. The fraction of sp³-hybridized carbons (Fsp3) is 0.526. The Balaban J connectivity index is 1.35. The first-order chi connectivity index (χ1) is 12.3. The van der Waals surface area contributed by atoms with Gasteiger partial charge in [0.25, 0.3) is 5.91 Å². The molecule has 132 valence electrons. The predicted octanol–water partition coefficient (Wildman–Crippen LogP) is 4.06. The van der Waals surface area contributed by atoms with Gasteiger partial charge in [0.15, 0.2) is 0 Å². The van der Waals surface area contributed by atoms with Gasteiger partial charge in [-0.05, 0) is 50.2 Å². The van der Waals surface area contributed by atoms with Crippen molar-refractivity contribution in [3.05, 3.63) is 40.0 Å². The van der Waals surface area contributed by atoms with Crippen LogP contribution < -0.4 is 10.1 Å². The molecule has 0 saturated heterocycles. The summed E-state index contributed by atoms with van der Waals surface area (Å²) < 4.78 is 6.00. The Morgan fingerprint density at radius 3 is 2.84 bits per heavy atom. The highest BCUT2D eigenvalue weighted by molar-refractivity contribution is 7.11. The maximum atomic E-state index is 12.4. The zero-order chi connectivity index (χ0) is 17.1. The van der Waals surface area contributed by atoms with Gasteiger partial charge in [-0.15, -0.1) is 11.3 Å². The zero-order valence-corrected chi connectivity index (χ0v) is 15.1. The molecule has 0 aromatic carbocycles. The van der Waals surface area contributed by atoms with Gasteiger partial charge in [-0.2, -0.15) is 0 Å². The van der Waals surface area contributed by atoms with Crippen LogP contribution in [0.25, 0.3) is 0 Å². The highest BCUT2D eigenvalue weighted by Gasteiger charge is 2.30. The second-order valence-electron chi connectivity index (χ2n) is 6.90. The van der Waals surface area contributed by atoms with Gasteiger partial charge in [-0.3, -0.25) is 4.79 Å². The van der Waals surface area contributed by atoms with E-state index >= 15 is 0 Å². The van der Waals surface area contributed by atoms with Crippen LogP contribution in [-0.2, 0) is 6.54 Å². The summed E-state index contributed by atoms with van der Waals surface area (Å²) in [6, 6.07) is 3.85. The number of hydrogen-bond acceptors (Lipinski definition) is 5. The van der Waals surface area contributed by atoms with Crippen LogP contribution in [0.1, 0.15) is 71.8 Å². The minimum atomic E-state index is -0.0315. The molecule has 1 amide bonds. The Morgan fingerprint density at radius 2 is 2.04 bits per heavy atom. The van der Waals surface area contributed by atoms with Gasteiger partial charge >= 0.3 is 0 Å². The van der Waals surface area contributed by atoms with Crippen molar-refractivity contribution in [1.29, 1.82) is 0 Å². The summed E-state index contributed by atoms with van der Waals surface area (Å²) in [6.07, 6.45) is 10.3. The minimum Gasteiger partial charge on any atom is -0.474 e. The number of pyridine rings is 1. The molecule has 0 unspecified atom stereocenters. The lowest BCUT2D eigenvalue weighted by Crippen LogP contribution is -2.23. The van der Waals surface area contributed by atoms with Crippen LogP contribution >= 0.6 is 11.3 Å². The van der Waals surface area contributed by atoms with Crippen LogP contribution in [0.5, 0.6) is 5.88 Å². The molecular weight excluding hydrogens is 334 g/mol. The van der Waals surface area contributed by atoms with Crippen molar-refractivity contribution in [2.75, 3.05) is 0 Å². The smallest absolute Gasteiger partial charge is 0.263 e. The molecule has 0 atom stereocenters. The molecule has 4 rings (SSSR count). The van der Waals surface area contributed by atoms with Crippen LogP contribution in [0.15, 0.2) is 23.8 Å². The molecule has 0 bridgehead atoms. The van der Waals surface area contributed by atoms with Gasteiger partial charge in [0.1, 0.15) is 11.0 Å². The molecule has 0 aliphatic heterocycles. The summed E-state index contributed by atoms with van der Waals surface area (Å²) in [5.74, 6) is 1.12. The number of carbonyl (C=O) groups is 1. The first kappa shape index (κ1) is 16.5. The Kier molecular flexibility index (Phi) is 4.97. The third-order valence-corrected chi connectivity index (χ3v) is 5.70. The first-order valence-corrected chi connectivity index (χ1v) is 10.0. The van der Waals surface area contributed by atoms with Crippen molar-refractivity contribution < 1.29 is 9.53 Å². The van der Waals surface area contributed by atoms with Gasteiger partial charge in [0.2, 0.25) is 5.88 Å². The highest BCUT2D eigenvalue weighted by atomic mass is 32.1. The lowest BCUT2D eigenvalue weighted by molar-refractivity contribution is 0.0953. The van der Waals surface area contributed by atoms with E-state index in [-0.39, 0.29) is 12.0 Å². The molecule has 0 spiro atoms. The molecule has 2 saturated carbocycles. The number of nitrogens with zero attached hydrogens (tertiary/aromatic N) is 2. The average molecular weight is 357 g/mol. The van der Waals surface area contributed by atoms with E-state index in [1.807, 2.05) is 12.1 Å². The quantitative estimate of drug-likeness (QED) is 0.847. The fourth-order valence-corrected chi connectivity index (χ4v) is 4.10. The second-order valence-corrected chi connectivity index (χ2v) is 7.76. The van der Waals surface area contributed by atoms with E-state index in [1.54, 1.807) is 11.7 Å². The molecule has 2 aliphatic carbocycles. The molecule has 2 heterocycles. The van der Waals surface area contributed by atoms with Gasteiger partial charge in [0.05, 0.1) is 11.2 Å². The van der Waals surface area contributed by atoms with Crippen LogP contribution in [0.3, 0.4) is 0 Å². The molecule has 2 aliphatic rings. The largest absolute Gasteiger partial charge is 0.474 e. The number of thiazole rings is 1. The average Bonchev–Trinajstić information content (AvgIpc) is 3.37. The number of amides is 1. The molecule has 2 aromatic rings. The summed E-state index contributed by atoms with van der Waals surface area (Å²) in [5.41, 5.74) is 3.75. The maximum Gasteiger partial charge on any atom is 0.263 e. The zero-order valence-electron chi connectivity index (χ0n) is 14.2. The van der Waals surface area contributed by atoms with Crippen molar-refractivity contribution in [2.24, 2.45) is 0 Å². The van der Waals surface area contributed by atoms with Crippen molar-refractivity contribution in [3.8, 4) is 5.88 Å². The van der Waals surface area contributed by atoms with Crippen LogP contribution in [0, 0.1) is 0 Å². The van der Waals surface area contributed by atoms with Crippen molar-refractivity contribution in [3.63, 3.8) is 0 Å². The molecule has 0 radical (unpaired) electrons. The van der Waals surface area contributed by atoms with Crippen molar-refractivity contribution >= 4 is 17.2 Å². The number of rotatable bonds is 6. The third-order valence-electron chi connectivity index (χ3n) is 4.86. The number of nitrogens with one attached hydrogen (secondary N) is 1. The summed E-state index contributed by atoms with van der Waals surface area (Å²) in [7, 11) is 0. The fourth-order valence-electron chi connectivity index (χ4n) is 3.31. The van der Waals surface area contributed by atoms with Gasteiger partial charge in [-0.25, -0.2) is 9.97 Å². The SMILES string of the molecule is O=C(NCc1ccnc(OC2CCCCC2)c1)c1scnc1C1CC1. The lowest BCUT2D eigenvalue weighted by atomic mass is 9.98. The van der Waals surface area contributed by atoms with Crippen LogP contribution in [-0.4, -0.2) is 22.0 Å². The van der Waals surface area contributed by atoms with Gasteiger partial charge < -0.3 is 10.1 Å². The molecule has 1 N–H and O–H groups in total. The van der Waals surface area contributed by atoms with Gasteiger partial charge in [-0.1, -0.05) is 6.42 Å². The van der Waals surface area contributed by atoms with Crippen molar-refractivity contribution in [1.82, 2.24) is 15.3 Å². The number of ether oxygens (including phenoxy) is 1. The maximum absolute atomic E-state index is 12.4. The van der Waals surface area contributed by atoms with E-state index in [9.17, 15) is 4.79 Å². The highest BCUT2D eigenvalue weighted by Crippen LogP contribution is 2.41. The number of hydrogen-bond donors (Lipinski definition) is 1. The Bertz CT molecular complexity index is 736. The summed E-state index contributed by atoms with van der Waals surface area (Å²) in [4.78, 5) is 21.9. The molecule has 5 nitrogen and oxygen atoms in total. The Hall–Kier alpha value is -1.95. The van der Waals surface area contributed by atoms with Crippen molar-refractivity contribution in [2.45, 2.75) is 63.5 Å². The number of carbonyl (C=O) groups excluding carboxylic acids is 1. The van der Waals surface area contributed by atoms with E-state index in [2.05, 4.69) is 15.3 Å².